The van der Waals surface area contributed by atoms with Gasteiger partial charge in [0.15, 0.2) is 0 Å². The zero-order valence-electron chi connectivity index (χ0n) is 13.0. The van der Waals surface area contributed by atoms with Gasteiger partial charge in [-0.3, -0.25) is 0 Å². The lowest BCUT2D eigenvalue weighted by molar-refractivity contribution is 0.0813. The Balaban J connectivity index is 1.75. The highest BCUT2D eigenvalue weighted by Gasteiger charge is 2.15. The minimum absolute atomic E-state index is 0.0652. The van der Waals surface area contributed by atoms with E-state index in [1.165, 1.54) is 0 Å². The van der Waals surface area contributed by atoms with Crippen molar-refractivity contribution in [2.24, 2.45) is 7.05 Å². The van der Waals surface area contributed by atoms with E-state index in [1.807, 2.05) is 54.3 Å². The van der Waals surface area contributed by atoms with Crippen molar-refractivity contribution in [1.29, 1.82) is 0 Å². The van der Waals surface area contributed by atoms with Crippen LogP contribution in [0.1, 0.15) is 23.1 Å². The van der Waals surface area contributed by atoms with Crippen molar-refractivity contribution in [1.82, 2.24) is 9.55 Å². The summed E-state index contributed by atoms with van der Waals surface area (Å²) in [6, 6.07) is 18.6. The Morgan fingerprint density at radius 1 is 1.04 bits per heavy atom. The fraction of sp³-hybridized carbons (Fsp3) is 0.211. The van der Waals surface area contributed by atoms with Gasteiger partial charge in [0.25, 0.3) is 0 Å². The van der Waals surface area contributed by atoms with Gasteiger partial charge in [-0.15, -0.1) is 0 Å². The van der Waals surface area contributed by atoms with Gasteiger partial charge in [0.2, 0.25) is 0 Å². The van der Waals surface area contributed by atoms with Crippen LogP contribution < -0.4 is 0 Å². The lowest BCUT2D eigenvalue weighted by Crippen LogP contribution is -2.10. The third-order valence-corrected chi connectivity index (χ3v) is 4.33. The Hall–Kier alpha value is -1.91. The topological polar surface area (TPSA) is 27.1 Å². The summed E-state index contributed by atoms with van der Waals surface area (Å²) in [5.74, 6) is 1.03. The van der Waals surface area contributed by atoms with Crippen LogP contribution in [0.5, 0.6) is 0 Å². The van der Waals surface area contributed by atoms with E-state index in [9.17, 15) is 0 Å². The summed E-state index contributed by atoms with van der Waals surface area (Å²) in [5.41, 5.74) is 2.31. The molecule has 3 nitrogen and oxygen atoms in total. The zero-order chi connectivity index (χ0) is 16.1. The third-order valence-electron chi connectivity index (χ3n) is 3.81. The average Bonchev–Trinajstić information content (AvgIpc) is 2.99. The molecule has 0 aliphatic rings. The molecule has 3 aromatic rings. The first kappa shape index (κ1) is 16.0. The molecule has 1 aromatic heterocycles. The minimum atomic E-state index is -0.0652. The van der Waals surface area contributed by atoms with Crippen molar-refractivity contribution in [3.05, 3.63) is 88.4 Å². The SMILES string of the molecule is Cn1ccnc1CCOC(c1ccccc1)c1ccc(Br)cc1. The van der Waals surface area contributed by atoms with Gasteiger partial charge < -0.3 is 9.30 Å². The van der Waals surface area contributed by atoms with Gasteiger partial charge in [-0.1, -0.05) is 58.4 Å². The maximum atomic E-state index is 6.21. The number of aryl methyl sites for hydroxylation is 1. The summed E-state index contributed by atoms with van der Waals surface area (Å²) >= 11 is 3.49. The van der Waals surface area contributed by atoms with Gasteiger partial charge in [-0.25, -0.2) is 4.98 Å². The molecule has 0 saturated carbocycles. The fourth-order valence-electron chi connectivity index (χ4n) is 2.56. The molecular formula is C19H19BrN2O. The van der Waals surface area contributed by atoms with Crippen molar-refractivity contribution in [2.75, 3.05) is 6.61 Å². The molecule has 0 bridgehead atoms. The van der Waals surface area contributed by atoms with Crippen molar-refractivity contribution >= 4 is 15.9 Å². The number of halogens is 1. The molecule has 0 saturated heterocycles. The van der Waals surface area contributed by atoms with E-state index in [0.29, 0.717) is 6.61 Å². The summed E-state index contributed by atoms with van der Waals surface area (Å²) in [6.45, 7) is 0.625. The maximum absolute atomic E-state index is 6.21. The number of aromatic nitrogens is 2. The number of ether oxygens (including phenoxy) is 1. The van der Waals surface area contributed by atoms with Crippen molar-refractivity contribution in [2.45, 2.75) is 12.5 Å². The first-order valence-corrected chi connectivity index (χ1v) is 8.41. The van der Waals surface area contributed by atoms with E-state index < -0.39 is 0 Å². The highest BCUT2D eigenvalue weighted by atomic mass is 79.9. The minimum Gasteiger partial charge on any atom is -0.368 e. The quantitative estimate of drug-likeness (QED) is 0.637. The van der Waals surface area contributed by atoms with Gasteiger partial charge in [0.05, 0.1) is 6.61 Å². The summed E-state index contributed by atoms with van der Waals surface area (Å²) in [4.78, 5) is 4.35. The van der Waals surface area contributed by atoms with Crippen LogP contribution in [-0.2, 0) is 18.2 Å². The average molecular weight is 371 g/mol. The molecule has 1 unspecified atom stereocenters. The summed E-state index contributed by atoms with van der Waals surface area (Å²) < 4.78 is 9.31. The maximum Gasteiger partial charge on any atom is 0.110 e. The first-order valence-electron chi connectivity index (χ1n) is 7.62. The predicted octanol–water partition coefficient (Wildman–Crippen LogP) is 4.53. The summed E-state index contributed by atoms with van der Waals surface area (Å²) in [6.07, 6.45) is 4.51. The van der Waals surface area contributed by atoms with E-state index in [-0.39, 0.29) is 6.10 Å². The van der Waals surface area contributed by atoms with Crippen LogP contribution in [0.3, 0.4) is 0 Å². The van der Waals surface area contributed by atoms with Crippen LogP contribution in [0.2, 0.25) is 0 Å². The predicted molar refractivity (Wildman–Crippen MR) is 95.3 cm³/mol. The number of hydrogen-bond donors (Lipinski definition) is 0. The molecule has 118 valence electrons. The van der Waals surface area contributed by atoms with Crippen molar-refractivity contribution < 1.29 is 4.74 Å². The number of hydrogen-bond acceptors (Lipinski definition) is 2. The van der Waals surface area contributed by atoms with Gasteiger partial charge >= 0.3 is 0 Å². The molecule has 0 aliphatic heterocycles. The number of nitrogens with zero attached hydrogens (tertiary/aromatic N) is 2. The van der Waals surface area contributed by atoms with Gasteiger partial charge in [0, 0.05) is 30.3 Å². The monoisotopic (exact) mass is 370 g/mol. The molecule has 4 heteroatoms. The molecule has 23 heavy (non-hydrogen) atoms. The van der Waals surface area contributed by atoms with E-state index in [1.54, 1.807) is 0 Å². The third kappa shape index (κ3) is 4.09. The molecule has 0 amide bonds. The van der Waals surface area contributed by atoms with Crippen LogP contribution in [0.4, 0.5) is 0 Å². The largest absolute Gasteiger partial charge is 0.368 e. The molecule has 2 aromatic carbocycles. The molecule has 0 N–H and O–H groups in total. The van der Waals surface area contributed by atoms with Gasteiger partial charge in [0.1, 0.15) is 11.9 Å². The normalized spacial score (nSPS) is 12.3. The number of benzene rings is 2. The standard InChI is InChI=1S/C19H19BrN2O/c1-22-13-12-21-18(22)11-14-23-19(15-5-3-2-4-6-15)16-7-9-17(20)10-8-16/h2-10,12-13,19H,11,14H2,1H3. The van der Waals surface area contributed by atoms with Gasteiger partial charge in [-0.05, 0) is 23.3 Å². The molecular weight excluding hydrogens is 352 g/mol. The Morgan fingerprint density at radius 3 is 2.39 bits per heavy atom. The first-order chi connectivity index (χ1) is 11.2. The van der Waals surface area contributed by atoms with E-state index in [2.05, 4.69) is 45.2 Å². The Bertz CT molecular complexity index is 738. The molecule has 0 fully saturated rings. The van der Waals surface area contributed by atoms with Crippen molar-refractivity contribution in [3.63, 3.8) is 0 Å². The summed E-state index contributed by atoms with van der Waals surface area (Å²) in [7, 11) is 2.01. The van der Waals surface area contributed by atoms with E-state index >= 15 is 0 Å². The molecule has 0 aliphatic carbocycles. The smallest absolute Gasteiger partial charge is 0.110 e. The molecule has 3 rings (SSSR count). The second-order valence-electron chi connectivity index (χ2n) is 5.42. The van der Waals surface area contributed by atoms with Crippen LogP contribution in [-0.4, -0.2) is 16.2 Å². The van der Waals surface area contributed by atoms with Crippen LogP contribution in [0.15, 0.2) is 71.5 Å². The Labute approximate surface area is 145 Å². The molecule has 1 heterocycles. The van der Waals surface area contributed by atoms with Crippen LogP contribution in [0.25, 0.3) is 0 Å². The Kier molecular flexibility index (Phi) is 5.26. The lowest BCUT2D eigenvalue weighted by atomic mass is 10.0. The second kappa shape index (κ2) is 7.57. The lowest BCUT2D eigenvalue weighted by Gasteiger charge is -2.19. The zero-order valence-corrected chi connectivity index (χ0v) is 14.6. The van der Waals surface area contributed by atoms with Gasteiger partial charge in [-0.2, -0.15) is 0 Å². The molecule has 1 atom stereocenters. The number of imidazole rings is 1. The number of rotatable bonds is 6. The van der Waals surface area contributed by atoms with Crippen LogP contribution in [0, 0.1) is 0 Å². The fourth-order valence-corrected chi connectivity index (χ4v) is 2.82. The van der Waals surface area contributed by atoms with Crippen molar-refractivity contribution in [3.8, 4) is 0 Å². The van der Waals surface area contributed by atoms with E-state index in [4.69, 9.17) is 4.74 Å². The molecule has 0 radical (unpaired) electrons. The molecule has 0 spiro atoms. The highest BCUT2D eigenvalue weighted by molar-refractivity contribution is 9.10. The van der Waals surface area contributed by atoms with Crippen LogP contribution >= 0.6 is 15.9 Å². The summed E-state index contributed by atoms with van der Waals surface area (Å²) in [5, 5.41) is 0. The Morgan fingerprint density at radius 2 is 1.74 bits per heavy atom. The highest BCUT2D eigenvalue weighted by Crippen LogP contribution is 2.27. The second-order valence-corrected chi connectivity index (χ2v) is 6.33. The van der Waals surface area contributed by atoms with E-state index in [0.717, 1.165) is 27.8 Å².